The number of methoxy groups -OCH3 is 2. The second-order valence-corrected chi connectivity index (χ2v) is 14.7. The second-order valence-electron chi connectivity index (χ2n) is 14.7. The summed E-state index contributed by atoms with van der Waals surface area (Å²) < 4.78 is 30.1. The summed E-state index contributed by atoms with van der Waals surface area (Å²) >= 11 is 0. The molecule has 10 heteroatoms. The maximum atomic E-state index is 13.3. The lowest BCUT2D eigenvalue weighted by Crippen LogP contribution is -2.39. The number of aliphatic carboxylic acids is 1. The van der Waals surface area contributed by atoms with Crippen LogP contribution < -0.4 is 9.64 Å². The summed E-state index contributed by atoms with van der Waals surface area (Å²) in [6.07, 6.45) is 2.61. The Morgan fingerprint density at radius 1 is 0.960 bits per heavy atom. The zero-order valence-corrected chi connectivity index (χ0v) is 31.4. The van der Waals surface area contributed by atoms with Gasteiger partial charge in [0, 0.05) is 70.2 Å². The summed E-state index contributed by atoms with van der Waals surface area (Å²) in [4.78, 5) is 21.9. The molecule has 0 spiro atoms. The molecule has 3 aromatic rings. The fourth-order valence-corrected chi connectivity index (χ4v) is 5.83. The van der Waals surface area contributed by atoms with Crippen molar-refractivity contribution in [1.29, 1.82) is 0 Å². The number of aliphatic hydroxyl groups is 1. The molecule has 1 aliphatic rings. The van der Waals surface area contributed by atoms with Crippen LogP contribution in [0.4, 0.5) is 10.1 Å². The molecule has 276 valence electrons. The van der Waals surface area contributed by atoms with E-state index in [1.165, 1.54) is 12.1 Å². The summed E-state index contributed by atoms with van der Waals surface area (Å²) in [6, 6.07) is 14.5. The van der Waals surface area contributed by atoms with E-state index in [9.17, 15) is 14.3 Å². The van der Waals surface area contributed by atoms with Gasteiger partial charge < -0.3 is 29.3 Å². The van der Waals surface area contributed by atoms with Gasteiger partial charge in [0.05, 0.1) is 43.2 Å². The van der Waals surface area contributed by atoms with Crippen LogP contribution in [-0.2, 0) is 33.7 Å². The minimum atomic E-state index is -0.871. The molecule has 2 aromatic carbocycles. The number of rotatable bonds is 16. The number of halogens is 1. The van der Waals surface area contributed by atoms with Crippen LogP contribution in [0.15, 0.2) is 48.5 Å². The van der Waals surface area contributed by atoms with Gasteiger partial charge in [0.15, 0.2) is 0 Å². The molecule has 0 saturated carbocycles. The first-order valence-electron chi connectivity index (χ1n) is 17.5. The Balaban J connectivity index is 0.00000126. The molecule has 0 atom stereocenters. The summed E-state index contributed by atoms with van der Waals surface area (Å²) in [6.45, 7) is 17.1. The molecular weight excluding hydrogens is 637 g/mol. The van der Waals surface area contributed by atoms with E-state index in [-0.39, 0.29) is 17.7 Å². The molecule has 50 heavy (non-hydrogen) atoms. The number of carboxylic acid groups (broad SMARTS) is 1. The first-order chi connectivity index (χ1) is 23.6. The highest BCUT2D eigenvalue weighted by Gasteiger charge is 2.31. The number of ether oxygens (including phenoxy) is 3. The van der Waals surface area contributed by atoms with Crippen molar-refractivity contribution in [2.24, 2.45) is 5.41 Å². The molecule has 0 radical (unpaired) electrons. The third kappa shape index (κ3) is 13.6. The minimum absolute atomic E-state index is 0.0943. The summed E-state index contributed by atoms with van der Waals surface area (Å²) in [7, 11) is 3.39. The quantitative estimate of drug-likeness (QED) is 0.165. The molecule has 2 N–H and O–H groups in total. The van der Waals surface area contributed by atoms with Crippen LogP contribution in [0.5, 0.6) is 5.75 Å². The molecule has 0 aliphatic carbocycles. The summed E-state index contributed by atoms with van der Waals surface area (Å²) in [5, 5.41) is 18.5. The van der Waals surface area contributed by atoms with E-state index in [2.05, 4.69) is 23.6 Å². The zero-order valence-electron chi connectivity index (χ0n) is 31.4. The van der Waals surface area contributed by atoms with Crippen LogP contribution in [0.2, 0.25) is 0 Å². The van der Waals surface area contributed by atoms with Gasteiger partial charge >= 0.3 is 5.97 Å². The van der Waals surface area contributed by atoms with Gasteiger partial charge in [-0.1, -0.05) is 38.1 Å². The maximum Gasteiger partial charge on any atom is 0.307 e. The highest BCUT2D eigenvalue weighted by molar-refractivity contribution is 5.86. The monoisotopic (exact) mass is 695 g/mol. The third-order valence-electron chi connectivity index (χ3n) is 8.62. The van der Waals surface area contributed by atoms with Crippen molar-refractivity contribution in [2.75, 3.05) is 65.1 Å². The molecule has 1 aliphatic heterocycles. The van der Waals surface area contributed by atoms with Crippen molar-refractivity contribution in [3.8, 4) is 16.9 Å². The number of benzene rings is 2. The Bertz CT molecular complexity index is 1460. The second kappa shape index (κ2) is 19.2. The van der Waals surface area contributed by atoms with E-state index in [0.29, 0.717) is 45.9 Å². The van der Waals surface area contributed by atoms with Gasteiger partial charge in [-0.15, -0.1) is 0 Å². The molecule has 0 amide bonds. The zero-order chi connectivity index (χ0) is 36.9. The Morgan fingerprint density at radius 2 is 1.52 bits per heavy atom. The third-order valence-corrected chi connectivity index (χ3v) is 8.62. The average molecular weight is 696 g/mol. The molecule has 4 rings (SSSR count). The Kier molecular flexibility index (Phi) is 15.6. The highest BCUT2D eigenvalue weighted by Crippen LogP contribution is 2.42. The number of carbonyl (C=O) groups is 1. The molecular formula is C40H58FN3O6. The number of piperidine rings is 1. The van der Waals surface area contributed by atoms with Crippen LogP contribution >= 0.6 is 0 Å². The highest BCUT2D eigenvalue weighted by atomic mass is 19.1. The minimum Gasteiger partial charge on any atom is -0.493 e. The van der Waals surface area contributed by atoms with Gasteiger partial charge in [-0.05, 0) is 81.3 Å². The standard InChI is InChI=1S/C36H48FN3O5.C4H10O/c1-26-31(24-33(41)42)35(40-17-15-36(2,3)16-18-40)34(32(38-26)25-39(19-22-43-4)20-23-44-5)28-8-12-30(13-9-28)45-21-14-27-6-10-29(37)11-7-27;1-4(2,3)5/h6-13H,14-25H2,1-5H3,(H,41,42);5H,1-3H3. The molecule has 1 fully saturated rings. The lowest BCUT2D eigenvalue weighted by atomic mass is 9.82. The van der Waals surface area contributed by atoms with E-state index in [0.717, 1.165) is 71.0 Å². The maximum absolute atomic E-state index is 13.3. The van der Waals surface area contributed by atoms with Crippen molar-refractivity contribution in [1.82, 2.24) is 9.88 Å². The normalized spacial score (nSPS) is 14.3. The molecule has 9 nitrogen and oxygen atoms in total. The van der Waals surface area contributed by atoms with Gasteiger partial charge in [0.25, 0.3) is 0 Å². The van der Waals surface area contributed by atoms with E-state index < -0.39 is 11.6 Å². The number of anilines is 1. The van der Waals surface area contributed by atoms with Crippen LogP contribution in [0.25, 0.3) is 11.1 Å². The predicted molar refractivity (Wildman–Crippen MR) is 198 cm³/mol. The fraction of sp³-hybridized carbons (Fsp3) is 0.550. The van der Waals surface area contributed by atoms with E-state index >= 15 is 0 Å². The number of carboxylic acids is 1. The number of hydrogen-bond donors (Lipinski definition) is 2. The first kappa shape index (κ1) is 40.9. The van der Waals surface area contributed by atoms with Gasteiger partial charge in [0.2, 0.25) is 0 Å². The van der Waals surface area contributed by atoms with Crippen LogP contribution in [0.3, 0.4) is 0 Å². The van der Waals surface area contributed by atoms with Gasteiger partial charge in [-0.25, -0.2) is 4.39 Å². The lowest BCUT2D eigenvalue weighted by molar-refractivity contribution is -0.136. The SMILES string of the molecule is CC(C)(C)O.COCCN(CCOC)Cc1nc(C)c(CC(=O)O)c(N2CCC(C)(C)CC2)c1-c1ccc(OCCc2ccc(F)cc2)cc1. The number of nitrogens with zero attached hydrogens (tertiary/aromatic N) is 3. The Labute approximate surface area is 298 Å². The van der Waals surface area contributed by atoms with E-state index in [1.54, 1.807) is 47.1 Å². The molecule has 1 aromatic heterocycles. The summed E-state index contributed by atoms with van der Waals surface area (Å²) in [5.74, 6) is -0.389. The molecule has 2 heterocycles. The number of aryl methyl sites for hydroxylation is 1. The van der Waals surface area contributed by atoms with Gasteiger partial charge in [0.1, 0.15) is 11.6 Å². The predicted octanol–water partition coefficient (Wildman–Crippen LogP) is 6.94. The molecule has 1 saturated heterocycles. The van der Waals surface area contributed by atoms with Crippen molar-refractivity contribution >= 4 is 11.7 Å². The largest absolute Gasteiger partial charge is 0.493 e. The Hall–Kier alpha value is -3.57. The van der Waals surface area contributed by atoms with Crippen molar-refractivity contribution in [3.63, 3.8) is 0 Å². The lowest BCUT2D eigenvalue weighted by Gasteiger charge is -2.40. The van der Waals surface area contributed by atoms with E-state index in [4.69, 9.17) is 24.3 Å². The van der Waals surface area contributed by atoms with Crippen molar-refractivity contribution in [2.45, 2.75) is 79.4 Å². The van der Waals surface area contributed by atoms with Crippen LogP contribution in [-0.4, -0.2) is 91.9 Å². The number of pyridine rings is 1. The molecule has 0 unspecified atom stereocenters. The van der Waals surface area contributed by atoms with E-state index in [1.807, 2.05) is 31.2 Å². The van der Waals surface area contributed by atoms with Crippen LogP contribution in [0, 0.1) is 18.2 Å². The van der Waals surface area contributed by atoms with Crippen LogP contribution in [0.1, 0.15) is 70.0 Å². The molecule has 0 bridgehead atoms. The number of aromatic nitrogens is 1. The fourth-order valence-electron chi connectivity index (χ4n) is 5.83. The topological polar surface area (TPSA) is 105 Å². The average Bonchev–Trinajstić information content (AvgIpc) is 3.04. The van der Waals surface area contributed by atoms with Crippen molar-refractivity contribution in [3.05, 3.63) is 76.9 Å². The van der Waals surface area contributed by atoms with Gasteiger partial charge in [-0.2, -0.15) is 0 Å². The van der Waals surface area contributed by atoms with Crippen molar-refractivity contribution < 1.29 is 33.6 Å². The first-order valence-corrected chi connectivity index (χ1v) is 17.5. The summed E-state index contributed by atoms with van der Waals surface area (Å²) in [5.41, 5.74) is 6.06. The smallest absolute Gasteiger partial charge is 0.307 e. The van der Waals surface area contributed by atoms with Gasteiger partial charge in [-0.3, -0.25) is 14.7 Å². The number of hydrogen-bond acceptors (Lipinski definition) is 8. The Morgan fingerprint density at radius 3 is 2.04 bits per heavy atom.